The van der Waals surface area contributed by atoms with Crippen molar-refractivity contribution in [3.05, 3.63) is 94.5 Å². The maximum Gasteiger partial charge on any atom is 0.340 e. The Morgan fingerprint density at radius 2 is 1.57 bits per heavy atom. The van der Waals surface area contributed by atoms with Crippen LogP contribution in [0.2, 0.25) is 5.02 Å². The number of ether oxygens (including phenoxy) is 1. The van der Waals surface area contributed by atoms with Crippen molar-refractivity contribution < 1.29 is 19.1 Å². The maximum absolute atomic E-state index is 12.5. The summed E-state index contributed by atoms with van der Waals surface area (Å²) in [7, 11) is 0. The largest absolute Gasteiger partial charge is 0.452 e. The molecular formula is C23H19ClN2O4. The molecule has 0 bridgehead atoms. The number of halogens is 1. The van der Waals surface area contributed by atoms with Crippen LogP contribution in [0.5, 0.6) is 0 Å². The molecule has 0 aliphatic rings. The molecule has 0 unspecified atom stereocenters. The molecule has 0 fully saturated rings. The Kier molecular flexibility index (Phi) is 6.83. The van der Waals surface area contributed by atoms with Gasteiger partial charge in [0.15, 0.2) is 6.61 Å². The molecule has 0 atom stereocenters. The highest BCUT2D eigenvalue weighted by atomic mass is 35.5. The van der Waals surface area contributed by atoms with Crippen LogP contribution in [0.25, 0.3) is 0 Å². The zero-order valence-electron chi connectivity index (χ0n) is 16.1. The van der Waals surface area contributed by atoms with Crippen LogP contribution in [-0.2, 0) is 9.53 Å². The standard InChI is InChI=1S/C23H19ClN2O4/c1-15-13-17(24)11-12-19(15)25-21(27)14-30-23(29)18-9-5-6-10-20(18)26-22(28)16-7-3-2-4-8-16/h2-13H,14H2,1H3,(H,25,27)(H,26,28). The number of nitrogens with one attached hydrogen (secondary N) is 2. The summed E-state index contributed by atoms with van der Waals surface area (Å²) in [6.45, 7) is 1.33. The smallest absolute Gasteiger partial charge is 0.340 e. The number of carbonyl (C=O) groups excluding carboxylic acids is 3. The molecule has 152 valence electrons. The SMILES string of the molecule is Cc1cc(Cl)ccc1NC(=O)COC(=O)c1ccccc1NC(=O)c1ccccc1. The Morgan fingerprint density at radius 3 is 2.30 bits per heavy atom. The average molecular weight is 423 g/mol. The van der Waals surface area contributed by atoms with Crippen molar-refractivity contribution in [3.8, 4) is 0 Å². The molecule has 2 N–H and O–H groups in total. The fourth-order valence-corrected chi connectivity index (χ4v) is 2.94. The van der Waals surface area contributed by atoms with Crippen LogP contribution in [0.3, 0.4) is 0 Å². The fourth-order valence-electron chi connectivity index (χ4n) is 2.72. The van der Waals surface area contributed by atoms with Gasteiger partial charge in [-0.25, -0.2) is 4.79 Å². The van der Waals surface area contributed by atoms with Crippen molar-refractivity contribution in [3.63, 3.8) is 0 Å². The highest BCUT2D eigenvalue weighted by Gasteiger charge is 2.16. The van der Waals surface area contributed by atoms with Gasteiger partial charge in [-0.3, -0.25) is 9.59 Å². The summed E-state index contributed by atoms with van der Waals surface area (Å²) in [5.74, 6) is -1.56. The van der Waals surface area contributed by atoms with Crippen LogP contribution < -0.4 is 10.6 Å². The lowest BCUT2D eigenvalue weighted by molar-refractivity contribution is -0.119. The minimum atomic E-state index is -0.720. The van der Waals surface area contributed by atoms with E-state index in [2.05, 4.69) is 10.6 Å². The van der Waals surface area contributed by atoms with Crippen LogP contribution in [-0.4, -0.2) is 24.4 Å². The van der Waals surface area contributed by atoms with Gasteiger partial charge in [0.1, 0.15) is 0 Å². The molecule has 30 heavy (non-hydrogen) atoms. The second-order valence-corrected chi connectivity index (χ2v) is 6.89. The number of benzene rings is 3. The predicted octanol–water partition coefficient (Wildman–Crippen LogP) is 4.70. The number of carbonyl (C=O) groups is 3. The predicted molar refractivity (Wildman–Crippen MR) is 116 cm³/mol. The number of aryl methyl sites for hydroxylation is 1. The van der Waals surface area contributed by atoms with Gasteiger partial charge in [0.25, 0.3) is 11.8 Å². The number of hydrogen-bond donors (Lipinski definition) is 2. The highest BCUT2D eigenvalue weighted by molar-refractivity contribution is 6.30. The molecule has 7 heteroatoms. The first kappa shape index (κ1) is 21.1. The maximum atomic E-state index is 12.5. The zero-order valence-corrected chi connectivity index (χ0v) is 16.9. The third kappa shape index (κ3) is 5.46. The molecule has 6 nitrogen and oxygen atoms in total. The summed E-state index contributed by atoms with van der Waals surface area (Å²) < 4.78 is 5.13. The van der Waals surface area contributed by atoms with Gasteiger partial charge in [0, 0.05) is 16.3 Å². The second-order valence-electron chi connectivity index (χ2n) is 6.45. The molecule has 0 saturated carbocycles. The lowest BCUT2D eigenvalue weighted by Crippen LogP contribution is -2.22. The van der Waals surface area contributed by atoms with Crippen molar-refractivity contribution in [1.82, 2.24) is 0 Å². The van der Waals surface area contributed by atoms with Gasteiger partial charge in [0.2, 0.25) is 0 Å². The lowest BCUT2D eigenvalue weighted by Gasteiger charge is -2.12. The van der Waals surface area contributed by atoms with Gasteiger partial charge in [-0.15, -0.1) is 0 Å². The minimum absolute atomic E-state index is 0.150. The van der Waals surface area contributed by atoms with Crippen LogP contribution in [0.15, 0.2) is 72.8 Å². The molecule has 2 amide bonds. The Labute approximate surface area is 178 Å². The van der Waals surface area contributed by atoms with E-state index in [1.165, 1.54) is 6.07 Å². The van der Waals surface area contributed by atoms with Crippen molar-refractivity contribution in [2.45, 2.75) is 6.92 Å². The molecule has 0 saturated heterocycles. The van der Waals surface area contributed by atoms with Gasteiger partial charge >= 0.3 is 5.97 Å². The van der Waals surface area contributed by atoms with E-state index in [0.717, 1.165) is 5.56 Å². The van der Waals surface area contributed by atoms with Crippen molar-refractivity contribution in [2.75, 3.05) is 17.2 Å². The van der Waals surface area contributed by atoms with Gasteiger partial charge in [-0.1, -0.05) is 41.9 Å². The number of para-hydroxylation sites is 1. The molecule has 0 heterocycles. The van der Waals surface area contributed by atoms with Crippen LogP contribution in [0.4, 0.5) is 11.4 Å². The molecule has 3 aromatic carbocycles. The van der Waals surface area contributed by atoms with E-state index in [1.54, 1.807) is 73.7 Å². The third-order valence-electron chi connectivity index (χ3n) is 4.23. The van der Waals surface area contributed by atoms with Crippen LogP contribution >= 0.6 is 11.6 Å². The molecule has 3 aromatic rings. The average Bonchev–Trinajstić information content (AvgIpc) is 2.75. The number of anilines is 2. The molecule has 0 aromatic heterocycles. The molecule has 0 aliphatic heterocycles. The number of rotatable bonds is 6. The van der Waals surface area contributed by atoms with Gasteiger partial charge in [-0.2, -0.15) is 0 Å². The van der Waals surface area contributed by atoms with Gasteiger partial charge in [-0.05, 0) is 55.0 Å². The minimum Gasteiger partial charge on any atom is -0.452 e. The first-order chi connectivity index (χ1) is 14.4. The molecular weight excluding hydrogens is 404 g/mol. The van der Waals surface area contributed by atoms with E-state index < -0.39 is 18.5 Å². The Hall–Kier alpha value is -3.64. The molecule has 0 radical (unpaired) electrons. The summed E-state index contributed by atoms with van der Waals surface area (Å²) in [4.78, 5) is 37.0. The van der Waals surface area contributed by atoms with E-state index in [1.807, 2.05) is 0 Å². The van der Waals surface area contributed by atoms with E-state index in [0.29, 0.717) is 22.0 Å². The van der Waals surface area contributed by atoms with E-state index in [4.69, 9.17) is 16.3 Å². The quantitative estimate of drug-likeness (QED) is 0.564. The fraction of sp³-hybridized carbons (Fsp3) is 0.0870. The van der Waals surface area contributed by atoms with E-state index >= 15 is 0 Å². The Bertz CT molecular complexity index is 1080. The molecule has 0 aliphatic carbocycles. The van der Waals surface area contributed by atoms with E-state index in [9.17, 15) is 14.4 Å². The summed E-state index contributed by atoms with van der Waals surface area (Å²) in [6, 6.07) is 20.1. The van der Waals surface area contributed by atoms with E-state index in [-0.39, 0.29) is 11.5 Å². The number of amides is 2. The van der Waals surface area contributed by atoms with Crippen LogP contribution in [0, 0.1) is 6.92 Å². The van der Waals surface area contributed by atoms with Gasteiger partial charge < -0.3 is 15.4 Å². The topological polar surface area (TPSA) is 84.5 Å². The summed E-state index contributed by atoms with van der Waals surface area (Å²) in [6.07, 6.45) is 0. The summed E-state index contributed by atoms with van der Waals surface area (Å²) in [5.41, 5.74) is 2.27. The Balaban J connectivity index is 1.63. The van der Waals surface area contributed by atoms with Crippen molar-refractivity contribution in [1.29, 1.82) is 0 Å². The first-order valence-electron chi connectivity index (χ1n) is 9.12. The number of esters is 1. The summed E-state index contributed by atoms with van der Waals surface area (Å²) >= 11 is 5.90. The van der Waals surface area contributed by atoms with Gasteiger partial charge in [0.05, 0.1) is 11.3 Å². The third-order valence-corrected chi connectivity index (χ3v) is 4.46. The van der Waals surface area contributed by atoms with Crippen molar-refractivity contribution >= 4 is 40.8 Å². The molecule has 3 rings (SSSR count). The first-order valence-corrected chi connectivity index (χ1v) is 9.50. The highest BCUT2D eigenvalue weighted by Crippen LogP contribution is 2.20. The Morgan fingerprint density at radius 1 is 0.867 bits per heavy atom. The monoisotopic (exact) mass is 422 g/mol. The lowest BCUT2D eigenvalue weighted by atomic mass is 10.1. The van der Waals surface area contributed by atoms with Crippen LogP contribution in [0.1, 0.15) is 26.3 Å². The molecule has 0 spiro atoms. The zero-order chi connectivity index (χ0) is 21.5. The second kappa shape index (κ2) is 9.71. The van der Waals surface area contributed by atoms with Crippen molar-refractivity contribution in [2.24, 2.45) is 0 Å². The number of hydrogen-bond acceptors (Lipinski definition) is 4. The summed E-state index contributed by atoms with van der Waals surface area (Å²) in [5, 5.41) is 5.92. The normalized spacial score (nSPS) is 10.2.